The first-order valence-electron chi connectivity index (χ1n) is 9.82. The molecule has 4 heteroatoms. The highest BCUT2D eigenvalue weighted by molar-refractivity contribution is 9.10. The Morgan fingerprint density at radius 2 is 2.04 bits per heavy atom. The van der Waals surface area contributed by atoms with E-state index in [0.29, 0.717) is 6.04 Å². The Bertz CT molecular complexity index is 505. The summed E-state index contributed by atoms with van der Waals surface area (Å²) < 4.78 is 1.14. The van der Waals surface area contributed by atoms with Gasteiger partial charge < -0.3 is 9.69 Å². The Balaban J connectivity index is 1.71. The molecule has 1 aromatic carbocycles. The van der Waals surface area contributed by atoms with E-state index in [4.69, 9.17) is 0 Å². The molecular weight excluding hydrogens is 376 g/mol. The van der Waals surface area contributed by atoms with Crippen molar-refractivity contribution >= 4 is 22.2 Å². The van der Waals surface area contributed by atoms with Gasteiger partial charge in [0.15, 0.2) is 0 Å². The van der Waals surface area contributed by atoms with Crippen molar-refractivity contribution < 1.29 is 4.79 Å². The predicted octanol–water partition coefficient (Wildman–Crippen LogP) is 4.54. The van der Waals surface area contributed by atoms with Gasteiger partial charge in [0.2, 0.25) is 0 Å². The average molecular weight is 409 g/mol. The van der Waals surface area contributed by atoms with Crippen molar-refractivity contribution in [2.45, 2.75) is 64.5 Å². The number of aldehydes is 1. The summed E-state index contributed by atoms with van der Waals surface area (Å²) in [7, 11) is 0. The van der Waals surface area contributed by atoms with Crippen LogP contribution in [0.3, 0.4) is 0 Å². The van der Waals surface area contributed by atoms with E-state index in [1.54, 1.807) is 0 Å². The Kier molecular flexibility index (Phi) is 9.14. The summed E-state index contributed by atoms with van der Waals surface area (Å²) in [6.45, 7) is 9.00. The largest absolute Gasteiger partial charge is 0.302 e. The van der Waals surface area contributed by atoms with E-state index >= 15 is 0 Å². The van der Waals surface area contributed by atoms with Crippen LogP contribution in [0.15, 0.2) is 28.7 Å². The number of likely N-dealkylation sites (tertiary alicyclic amines) is 1. The van der Waals surface area contributed by atoms with Gasteiger partial charge in [-0.05, 0) is 82.9 Å². The van der Waals surface area contributed by atoms with E-state index in [-0.39, 0.29) is 6.04 Å². The first-order chi connectivity index (χ1) is 12.1. The maximum absolute atomic E-state index is 11.2. The second-order valence-corrected chi connectivity index (χ2v) is 8.17. The molecule has 140 valence electrons. The summed E-state index contributed by atoms with van der Waals surface area (Å²) in [6.07, 6.45) is 8.15. The molecule has 1 heterocycles. The maximum atomic E-state index is 11.2. The first kappa shape index (κ1) is 20.6. The minimum atomic E-state index is 0.173. The number of rotatable bonds is 10. The second-order valence-electron chi connectivity index (χ2n) is 7.25. The van der Waals surface area contributed by atoms with Crippen molar-refractivity contribution in [1.29, 1.82) is 0 Å². The second kappa shape index (κ2) is 11.1. The monoisotopic (exact) mass is 408 g/mol. The fraction of sp³-hybridized carbons (Fsp3) is 0.667. The molecule has 25 heavy (non-hydrogen) atoms. The van der Waals surface area contributed by atoms with Crippen LogP contribution in [0.5, 0.6) is 0 Å². The van der Waals surface area contributed by atoms with Gasteiger partial charge in [0.25, 0.3) is 0 Å². The predicted molar refractivity (Wildman–Crippen MR) is 109 cm³/mol. The number of carbonyl (C=O) groups is 1. The van der Waals surface area contributed by atoms with Crippen LogP contribution in [0.2, 0.25) is 0 Å². The molecule has 2 rings (SSSR count). The van der Waals surface area contributed by atoms with Crippen LogP contribution in [0.4, 0.5) is 0 Å². The van der Waals surface area contributed by atoms with Gasteiger partial charge in [0.1, 0.15) is 6.29 Å². The van der Waals surface area contributed by atoms with Gasteiger partial charge in [-0.15, -0.1) is 0 Å². The number of carbonyl (C=O) groups excluding carboxylic acids is 1. The van der Waals surface area contributed by atoms with Gasteiger partial charge in [-0.1, -0.05) is 41.4 Å². The minimum absolute atomic E-state index is 0.173. The summed E-state index contributed by atoms with van der Waals surface area (Å²) in [5.74, 6) is 0. The zero-order valence-electron chi connectivity index (χ0n) is 15.8. The third-order valence-electron chi connectivity index (χ3n) is 5.44. The van der Waals surface area contributed by atoms with E-state index in [0.717, 1.165) is 49.8 Å². The maximum Gasteiger partial charge on any atom is 0.137 e. The summed E-state index contributed by atoms with van der Waals surface area (Å²) in [6, 6.07) is 9.41. The normalized spacial score (nSPS) is 19.9. The van der Waals surface area contributed by atoms with Crippen molar-refractivity contribution in [2.24, 2.45) is 0 Å². The van der Waals surface area contributed by atoms with Crippen LogP contribution in [0.1, 0.15) is 51.5 Å². The van der Waals surface area contributed by atoms with Crippen LogP contribution >= 0.6 is 15.9 Å². The van der Waals surface area contributed by atoms with E-state index < -0.39 is 0 Å². The molecule has 2 unspecified atom stereocenters. The van der Waals surface area contributed by atoms with E-state index in [2.05, 4.69) is 63.8 Å². The lowest BCUT2D eigenvalue weighted by molar-refractivity contribution is -0.113. The highest BCUT2D eigenvalue weighted by Gasteiger charge is 2.21. The van der Waals surface area contributed by atoms with Crippen LogP contribution in [0.25, 0.3) is 0 Å². The van der Waals surface area contributed by atoms with Gasteiger partial charge in [-0.2, -0.15) is 0 Å². The SMILES string of the molecule is CCN(CCCCN1CCCCC1C=O)C(C)Cc1ccc(Br)cc1. The Hall–Kier alpha value is -0.710. The number of nitrogens with zero attached hydrogens (tertiary/aromatic N) is 2. The molecule has 0 bridgehead atoms. The lowest BCUT2D eigenvalue weighted by Gasteiger charge is -2.33. The molecule has 3 nitrogen and oxygen atoms in total. The fourth-order valence-electron chi connectivity index (χ4n) is 3.86. The number of likely N-dealkylation sites (N-methyl/N-ethyl adjacent to an activating group) is 1. The highest BCUT2D eigenvalue weighted by atomic mass is 79.9. The molecule has 1 aliphatic rings. The molecule has 0 aromatic heterocycles. The number of halogens is 1. The number of benzene rings is 1. The summed E-state index contributed by atoms with van der Waals surface area (Å²) in [5.41, 5.74) is 1.40. The van der Waals surface area contributed by atoms with E-state index in [1.807, 2.05) is 0 Å². The van der Waals surface area contributed by atoms with Crippen LogP contribution in [-0.2, 0) is 11.2 Å². The Morgan fingerprint density at radius 3 is 2.72 bits per heavy atom. The number of unbranched alkanes of at least 4 members (excludes halogenated alkanes) is 1. The van der Waals surface area contributed by atoms with Crippen LogP contribution in [0, 0.1) is 0 Å². The molecule has 1 fully saturated rings. The molecule has 0 aliphatic carbocycles. The Morgan fingerprint density at radius 1 is 1.28 bits per heavy atom. The molecule has 1 aliphatic heterocycles. The van der Waals surface area contributed by atoms with Gasteiger partial charge in [-0.3, -0.25) is 4.90 Å². The third-order valence-corrected chi connectivity index (χ3v) is 5.96. The summed E-state index contributed by atoms with van der Waals surface area (Å²) >= 11 is 3.50. The first-order valence-corrected chi connectivity index (χ1v) is 10.6. The smallest absolute Gasteiger partial charge is 0.137 e. The number of hydrogen-bond donors (Lipinski definition) is 0. The van der Waals surface area contributed by atoms with Gasteiger partial charge in [0, 0.05) is 10.5 Å². The van der Waals surface area contributed by atoms with Crippen molar-refractivity contribution in [3.05, 3.63) is 34.3 Å². The highest BCUT2D eigenvalue weighted by Crippen LogP contribution is 2.17. The Labute approximate surface area is 161 Å². The lowest BCUT2D eigenvalue weighted by Crippen LogP contribution is -2.41. The zero-order valence-corrected chi connectivity index (χ0v) is 17.4. The molecule has 0 N–H and O–H groups in total. The molecule has 0 spiro atoms. The molecular formula is C21H33BrN2O. The van der Waals surface area contributed by atoms with Gasteiger partial charge in [0.05, 0.1) is 6.04 Å². The fourth-order valence-corrected chi connectivity index (χ4v) is 4.12. The van der Waals surface area contributed by atoms with E-state index in [1.165, 1.54) is 31.2 Å². The van der Waals surface area contributed by atoms with Crippen LogP contribution < -0.4 is 0 Å². The summed E-state index contributed by atoms with van der Waals surface area (Å²) in [5, 5.41) is 0. The molecule has 0 amide bonds. The molecule has 2 atom stereocenters. The van der Waals surface area contributed by atoms with Gasteiger partial charge in [-0.25, -0.2) is 0 Å². The molecule has 1 aromatic rings. The molecule has 1 saturated heterocycles. The minimum Gasteiger partial charge on any atom is -0.302 e. The topological polar surface area (TPSA) is 23.6 Å². The zero-order chi connectivity index (χ0) is 18.1. The van der Waals surface area contributed by atoms with Gasteiger partial charge >= 0.3 is 0 Å². The van der Waals surface area contributed by atoms with Crippen molar-refractivity contribution in [3.8, 4) is 0 Å². The summed E-state index contributed by atoms with van der Waals surface area (Å²) in [4.78, 5) is 16.2. The average Bonchev–Trinajstić information content (AvgIpc) is 2.64. The van der Waals surface area contributed by atoms with Crippen molar-refractivity contribution in [2.75, 3.05) is 26.2 Å². The van der Waals surface area contributed by atoms with Crippen molar-refractivity contribution in [1.82, 2.24) is 9.80 Å². The van der Waals surface area contributed by atoms with E-state index in [9.17, 15) is 4.79 Å². The molecule has 0 radical (unpaired) electrons. The third kappa shape index (κ3) is 6.84. The standard InChI is InChI=1S/C21H33BrN2O/c1-3-23(18(2)16-19-9-11-20(22)12-10-19)13-6-7-15-24-14-5-4-8-21(24)17-25/h9-12,17-18,21H,3-8,13-16H2,1-2H3. The van der Waals surface area contributed by atoms with Crippen LogP contribution in [-0.4, -0.2) is 54.3 Å². The molecule has 0 saturated carbocycles. The lowest BCUT2D eigenvalue weighted by atomic mass is 10.0. The number of piperidine rings is 1. The quantitative estimate of drug-likeness (QED) is 0.419. The van der Waals surface area contributed by atoms with Crippen molar-refractivity contribution in [3.63, 3.8) is 0 Å². The number of hydrogen-bond acceptors (Lipinski definition) is 3.